The monoisotopic (exact) mass is 414 g/mol. The second-order valence-corrected chi connectivity index (χ2v) is 7.76. The van der Waals surface area contributed by atoms with E-state index >= 15 is 0 Å². The molecule has 29 heavy (non-hydrogen) atoms. The van der Waals surface area contributed by atoms with Crippen molar-refractivity contribution in [2.75, 3.05) is 18.5 Å². The maximum atomic E-state index is 14.0. The summed E-state index contributed by atoms with van der Waals surface area (Å²) in [5.74, 6) is 1.12. The number of benzene rings is 2. The van der Waals surface area contributed by atoms with Crippen molar-refractivity contribution in [3.8, 4) is 22.9 Å². The fraction of sp³-hybridized carbons (Fsp3) is 0.250. The lowest BCUT2D eigenvalue weighted by Crippen LogP contribution is -2.23. The molecule has 0 spiro atoms. The van der Waals surface area contributed by atoms with E-state index in [1.54, 1.807) is 54.9 Å². The normalized spacial score (nSPS) is 13.8. The first-order valence-electron chi connectivity index (χ1n) is 9.04. The van der Waals surface area contributed by atoms with E-state index in [2.05, 4.69) is 15.5 Å². The molecule has 1 aromatic heterocycles. The summed E-state index contributed by atoms with van der Waals surface area (Å²) in [5, 5.41) is 11.1. The molecule has 2 heterocycles. The average Bonchev–Trinajstić information content (AvgIpc) is 3.08. The van der Waals surface area contributed by atoms with E-state index in [4.69, 9.17) is 9.47 Å². The molecule has 0 fully saturated rings. The first kappa shape index (κ1) is 19.3. The van der Waals surface area contributed by atoms with Crippen molar-refractivity contribution < 1.29 is 18.7 Å². The van der Waals surface area contributed by atoms with Gasteiger partial charge in [-0.1, -0.05) is 23.9 Å². The summed E-state index contributed by atoms with van der Waals surface area (Å²) < 4.78 is 26.7. The molecule has 0 unspecified atom stereocenters. The minimum Gasteiger partial charge on any atom is -0.486 e. The van der Waals surface area contributed by atoms with Crippen LogP contribution in [0.3, 0.4) is 0 Å². The van der Waals surface area contributed by atoms with Crippen molar-refractivity contribution in [1.29, 1.82) is 0 Å². The van der Waals surface area contributed by atoms with Crippen molar-refractivity contribution in [1.82, 2.24) is 14.8 Å². The van der Waals surface area contributed by atoms with Crippen molar-refractivity contribution in [3.05, 3.63) is 48.3 Å². The molecule has 7 nitrogen and oxygen atoms in total. The molecule has 1 aliphatic heterocycles. The Morgan fingerprint density at radius 1 is 1.17 bits per heavy atom. The lowest BCUT2D eigenvalue weighted by molar-refractivity contribution is -0.115. The van der Waals surface area contributed by atoms with E-state index in [1.165, 1.54) is 17.8 Å². The lowest BCUT2D eigenvalue weighted by Gasteiger charge is -2.19. The van der Waals surface area contributed by atoms with Crippen LogP contribution in [0, 0.1) is 5.82 Å². The van der Waals surface area contributed by atoms with Crippen molar-refractivity contribution >= 4 is 23.4 Å². The number of nitrogens with zero attached hydrogens (tertiary/aromatic N) is 3. The average molecular weight is 414 g/mol. The van der Waals surface area contributed by atoms with Gasteiger partial charge in [-0.2, -0.15) is 0 Å². The molecule has 1 amide bonds. The maximum absolute atomic E-state index is 14.0. The van der Waals surface area contributed by atoms with Gasteiger partial charge in [-0.3, -0.25) is 4.79 Å². The summed E-state index contributed by atoms with van der Waals surface area (Å²) in [6.45, 7) is 2.77. The summed E-state index contributed by atoms with van der Waals surface area (Å²) in [6.07, 6.45) is 0. The molecule has 0 saturated heterocycles. The summed E-state index contributed by atoms with van der Waals surface area (Å²) in [4.78, 5) is 12.6. The summed E-state index contributed by atoms with van der Waals surface area (Å²) in [5.41, 5.74) is 0.986. The highest BCUT2D eigenvalue weighted by Crippen LogP contribution is 2.33. The summed E-state index contributed by atoms with van der Waals surface area (Å²) in [7, 11) is 1.75. The predicted octanol–water partition coefficient (Wildman–Crippen LogP) is 3.51. The molecule has 150 valence electrons. The largest absolute Gasteiger partial charge is 0.486 e. The number of fused-ring (bicyclic) bond motifs is 1. The van der Waals surface area contributed by atoms with Gasteiger partial charge in [-0.25, -0.2) is 4.39 Å². The molecule has 0 radical (unpaired) electrons. The molecule has 3 aromatic rings. The molecule has 1 aliphatic rings. The van der Waals surface area contributed by atoms with Crippen LogP contribution in [-0.4, -0.2) is 39.1 Å². The molecular formula is C20H19FN4O3S. The molecule has 0 aliphatic carbocycles. The highest BCUT2D eigenvalue weighted by atomic mass is 32.2. The van der Waals surface area contributed by atoms with Gasteiger partial charge in [0.2, 0.25) is 5.91 Å². The van der Waals surface area contributed by atoms with E-state index in [-0.39, 0.29) is 11.7 Å². The third-order valence-electron chi connectivity index (χ3n) is 4.41. The van der Waals surface area contributed by atoms with E-state index in [0.29, 0.717) is 46.9 Å². The number of carbonyl (C=O) groups excluding carboxylic acids is 1. The van der Waals surface area contributed by atoms with Crippen LogP contribution in [0.5, 0.6) is 11.5 Å². The number of nitrogens with one attached hydrogen (secondary N) is 1. The number of aromatic nitrogens is 3. The Bertz CT molecular complexity index is 1060. The van der Waals surface area contributed by atoms with Crippen LogP contribution in [0.2, 0.25) is 0 Å². The number of thioether (sulfide) groups is 1. The highest BCUT2D eigenvalue weighted by Gasteiger charge is 2.21. The van der Waals surface area contributed by atoms with E-state index < -0.39 is 5.25 Å². The van der Waals surface area contributed by atoms with E-state index in [9.17, 15) is 9.18 Å². The Labute approximate surface area is 171 Å². The maximum Gasteiger partial charge on any atom is 0.237 e. The van der Waals surface area contributed by atoms with Gasteiger partial charge in [0.05, 0.1) is 10.8 Å². The number of ether oxygens (including phenoxy) is 2. The first-order valence-corrected chi connectivity index (χ1v) is 9.92. The minimum absolute atomic E-state index is 0.192. The van der Waals surface area contributed by atoms with Gasteiger partial charge in [0.25, 0.3) is 0 Å². The summed E-state index contributed by atoms with van der Waals surface area (Å²) in [6, 6.07) is 11.7. The number of amides is 1. The zero-order valence-electron chi connectivity index (χ0n) is 15.9. The van der Waals surface area contributed by atoms with Gasteiger partial charge in [0, 0.05) is 18.8 Å². The third-order valence-corrected chi connectivity index (χ3v) is 5.54. The first-order chi connectivity index (χ1) is 14.0. The fourth-order valence-electron chi connectivity index (χ4n) is 2.87. The standard InChI is InChI=1S/C20H19FN4O3S/c1-12(19(26)22-13-7-8-16-17(11-13)28-10-9-27-16)29-20-24-23-18(25(20)2)14-5-3-4-6-15(14)21/h3-8,11-12H,9-10H2,1-2H3,(H,22,26)/t12-/m0/s1. The third kappa shape index (κ3) is 4.04. The van der Waals surface area contributed by atoms with Crippen molar-refractivity contribution in [3.63, 3.8) is 0 Å². The van der Waals surface area contributed by atoms with Crippen LogP contribution >= 0.6 is 11.8 Å². The van der Waals surface area contributed by atoms with Crippen LogP contribution in [0.25, 0.3) is 11.4 Å². The molecule has 9 heteroatoms. The Morgan fingerprint density at radius 3 is 2.72 bits per heavy atom. The lowest BCUT2D eigenvalue weighted by atomic mass is 10.2. The number of anilines is 1. The molecule has 1 N–H and O–H groups in total. The second-order valence-electron chi connectivity index (χ2n) is 6.45. The Morgan fingerprint density at radius 2 is 1.93 bits per heavy atom. The highest BCUT2D eigenvalue weighted by molar-refractivity contribution is 8.00. The summed E-state index contributed by atoms with van der Waals surface area (Å²) >= 11 is 1.25. The van der Waals surface area contributed by atoms with Crippen molar-refractivity contribution in [2.24, 2.45) is 7.05 Å². The zero-order valence-corrected chi connectivity index (χ0v) is 16.7. The smallest absolute Gasteiger partial charge is 0.237 e. The topological polar surface area (TPSA) is 78.3 Å². The fourth-order valence-corrected chi connectivity index (χ4v) is 3.69. The van der Waals surface area contributed by atoms with Crippen LogP contribution in [-0.2, 0) is 11.8 Å². The molecule has 2 aromatic carbocycles. The zero-order chi connectivity index (χ0) is 20.4. The van der Waals surface area contributed by atoms with Crippen LogP contribution in [0.1, 0.15) is 6.92 Å². The molecule has 0 bridgehead atoms. The van der Waals surface area contributed by atoms with Crippen LogP contribution < -0.4 is 14.8 Å². The second kappa shape index (κ2) is 8.12. The van der Waals surface area contributed by atoms with Gasteiger partial charge in [-0.15, -0.1) is 10.2 Å². The van der Waals surface area contributed by atoms with Gasteiger partial charge in [0.15, 0.2) is 22.5 Å². The SMILES string of the molecule is C[C@H](Sc1nnc(-c2ccccc2F)n1C)C(=O)Nc1ccc2c(c1)OCCO2. The quantitative estimate of drug-likeness (QED) is 0.644. The number of halogens is 1. The predicted molar refractivity (Wildman–Crippen MR) is 108 cm³/mol. The molecular weight excluding hydrogens is 395 g/mol. The van der Waals surface area contributed by atoms with Crippen LogP contribution in [0.15, 0.2) is 47.6 Å². The van der Waals surface area contributed by atoms with E-state index in [0.717, 1.165) is 0 Å². The number of hydrogen-bond acceptors (Lipinski definition) is 6. The Balaban J connectivity index is 1.45. The van der Waals surface area contributed by atoms with E-state index in [1.807, 2.05) is 0 Å². The van der Waals surface area contributed by atoms with Gasteiger partial charge < -0.3 is 19.4 Å². The molecule has 4 rings (SSSR count). The number of hydrogen-bond donors (Lipinski definition) is 1. The van der Waals surface area contributed by atoms with Gasteiger partial charge in [-0.05, 0) is 31.2 Å². The number of rotatable bonds is 5. The van der Waals surface area contributed by atoms with Crippen molar-refractivity contribution in [2.45, 2.75) is 17.3 Å². The minimum atomic E-state index is -0.445. The van der Waals surface area contributed by atoms with Gasteiger partial charge in [0.1, 0.15) is 19.0 Å². The molecule has 1 atom stereocenters. The Hall–Kier alpha value is -3.07. The number of carbonyl (C=O) groups is 1. The van der Waals surface area contributed by atoms with Gasteiger partial charge >= 0.3 is 0 Å². The Kier molecular flexibility index (Phi) is 5.39. The molecule has 0 saturated carbocycles. The van der Waals surface area contributed by atoms with Crippen LogP contribution in [0.4, 0.5) is 10.1 Å².